The van der Waals surface area contributed by atoms with Crippen LogP contribution in [0.2, 0.25) is 0 Å². The summed E-state index contributed by atoms with van der Waals surface area (Å²) in [6.45, 7) is 1.34. The van der Waals surface area contributed by atoms with Crippen molar-refractivity contribution >= 4 is 11.8 Å². The molecule has 1 aliphatic heterocycles. The summed E-state index contributed by atoms with van der Waals surface area (Å²) < 4.78 is 20.0. The second-order valence-electron chi connectivity index (χ2n) is 7.74. The molecule has 0 aliphatic carbocycles. The average molecular weight is 436 g/mol. The van der Waals surface area contributed by atoms with E-state index in [1.54, 1.807) is 16.7 Å². The summed E-state index contributed by atoms with van der Waals surface area (Å²) in [6.07, 6.45) is 3.04. The highest BCUT2D eigenvalue weighted by Gasteiger charge is 2.27. The fourth-order valence-electron chi connectivity index (χ4n) is 3.78. The minimum absolute atomic E-state index is 0.0297. The maximum absolute atomic E-state index is 13.1. The quantitative estimate of drug-likeness (QED) is 0.644. The highest BCUT2D eigenvalue weighted by molar-refractivity contribution is 5.94. The van der Waals surface area contributed by atoms with E-state index < -0.39 is 0 Å². The van der Waals surface area contributed by atoms with Crippen LogP contribution in [0.3, 0.4) is 0 Å². The Bertz CT molecular complexity index is 1070. The summed E-state index contributed by atoms with van der Waals surface area (Å²) in [5.74, 6) is 0.103. The zero-order valence-electron chi connectivity index (χ0n) is 17.8. The third kappa shape index (κ3) is 4.96. The van der Waals surface area contributed by atoms with Crippen molar-refractivity contribution in [2.75, 3.05) is 20.2 Å². The number of nitrogens with one attached hydrogen (secondary N) is 1. The Kier molecular flexibility index (Phi) is 6.49. The maximum Gasteiger partial charge on any atom is 0.253 e. The third-order valence-electron chi connectivity index (χ3n) is 5.67. The lowest BCUT2D eigenvalue weighted by Crippen LogP contribution is -2.43. The van der Waals surface area contributed by atoms with Gasteiger partial charge in [-0.1, -0.05) is 0 Å². The summed E-state index contributed by atoms with van der Waals surface area (Å²) in [6, 6.07) is 15.0. The van der Waals surface area contributed by atoms with Gasteiger partial charge in [-0.2, -0.15) is 5.10 Å². The summed E-state index contributed by atoms with van der Waals surface area (Å²) in [4.78, 5) is 26.9. The van der Waals surface area contributed by atoms with E-state index >= 15 is 0 Å². The third-order valence-corrected chi connectivity index (χ3v) is 5.67. The Morgan fingerprint density at radius 2 is 1.75 bits per heavy atom. The van der Waals surface area contributed by atoms with Crippen molar-refractivity contribution in [1.82, 2.24) is 20.0 Å². The van der Waals surface area contributed by atoms with E-state index in [1.807, 2.05) is 36.5 Å². The van der Waals surface area contributed by atoms with Crippen LogP contribution >= 0.6 is 0 Å². The molecular formula is C24H25FN4O3. The Hall–Kier alpha value is -3.68. The first-order valence-electron chi connectivity index (χ1n) is 10.5. The van der Waals surface area contributed by atoms with Gasteiger partial charge in [0, 0.05) is 30.8 Å². The second kappa shape index (κ2) is 9.64. The molecule has 8 heteroatoms. The van der Waals surface area contributed by atoms with Crippen molar-refractivity contribution in [3.63, 3.8) is 0 Å². The van der Waals surface area contributed by atoms with Crippen molar-refractivity contribution in [1.29, 1.82) is 0 Å². The summed E-state index contributed by atoms with van der Waals surface area (Å²) >= 11 is 0. The van der Waals surface area contributed by atoms with Crippen LogP contribution in [0.25, 0.3) is 5.69 Å². The molecule has 3 aromatic rings. The summed E-state index contributed by atoms with van der Waals surface area (Å²) in [5.41, 5.74) is 2.13. The van der Waals surface area contributed by atoms with Gasteiger partial charge in [-0.15, -0.1) is 0 Å². The van der Waals surface area contributed by atoms with Gasteiger partial charge < -0.3 is 15.0 Å². The Balaban J connectivity index is 1.26. The molecule has 1 saturated heterocycles. The van der Waals surface area contributed by atoms with Gasteiger partial charge in [0.1, 0.15) is 11.6 Å². The van der Waals surface area contributed by atoms with Gasteiger partial charge in [0.2, 0.25) is 5.91 Å². The number of aromatic nitrogens is 2. The van der Waals surface area contributed by atoms with Gasteiger partial charge in [-0.25, -0.2) is 9.07 Å². The highest BCUT2D eigenvalue weighted by Crippen LogP contribution is 2.20. The number of hydrogen-bond donors (Lipinski definition) is 1. The maximum atomic E-state index is 13.1. The van der Waals surface area contributed by atoms with E-state index in [2.05, 4.69) is 10.4 Å². The molecule has 1 aromatic heterocycles. The van der Waals surface area contributed by atoms with E-state index in [0.717, 1.165) is 17.1 Å². The normalized spacial score (nSPS) is 14.2. The number of benzene rings is 2. The predicted octanol–water partition coefficient (Wildman–Crippen LogP) is 3.19. The molecule has 2 heterocycles. The molecular weight excluding hydrogens is 411 g/mol. The Labute approximate surface area is 185 Å². The predicted molar refractivity (Wildman–Crippen MR) is 117 cm³/mol. The molecule has 7 nitrogen and oxygen atoms in total. The lowest BCUT2D eigenvalue weighted by atomic mass is 9.95. The standard InChI is InChI=1S/C24H25FN4O3/c1-32-22-8-6-21(7-9-22)29-15-12-20(27-29)16-26-23(30)17-10-13-28(14-11-17)24(31)18-2-4-19(25)5-3-18/h2-9,12,15,17H,10-11,13-14,16H2,1H3,(H,26,30). The van der Waals surface area contributed by atoms with Gasteiger partial charge >= 0.3 is 0 Å². The van der Waals surface area contributed by atoms with Gasteiger partial charge in [0.05, 0.1) is 25.0 Å². The number of rotatable bonds is 6. The van der Waals surface area contributed by atoms with E-state index in [0.29, 0.717) is 38.0 Å². The fraction of sp³-hybridized carbons (Fsp3) is 0.292. The van der Waals surface area contributed by atoms with E-state index in [4.69, 9.17) is 4.74 Å². The van der Waals surface area contributed by atoms with Crippen LogP contribution in [0.5, 0.6) is 5.75 Å². The molecule has 0 bridgehead atoms. The smallest absolute Gasteiger partial charge is 0.253 e. The van der Waals surface area contributed by atoms with Crippen molar-refractivity contribution in [3.8, 4) is 11.4 Å². The molecule has 0 spiro atoms. The lowest BCUT2D eigenvalue weighted by molar-refractivity contribution is -0.126. The number of carbonyl (C=O) groups is 2. The summed E-state index contributed by atoms with van der Waals surface area (Å²) in [5, 5.41) is 7.46. The number of nitrogens with zero attached hydrogens (tertiary/aromatic N) is 3. The molecule has 4 rings (SSSR count). The van der Waals surface area contributed by atoms with Crippen LogP contribution in [0, 0.1) is 11.7 Å². The minimum atomic E-state index is -0.370. The zero-order valence-corrected chi connectivity index (χ0v) is 17.8. The van der Waals surface area contributed by atoms with Crippen LogP contribution < -0.4 is 10.1 Å². The topological polar surface area (TPSA) is 76.5 Å². The number of halogens is 1. The van der Waals surface area contributed by atoms with Gasteiger partial charge in [-0.3, -0.25) is 9.59 Å². The highest BCUT2D eigenvalue weighted by atomic mass is 19.1. The average Bonchev–Trinajstić information content (AvgIpc) is 3.32. The molecule has 0 radical (unpaired) electrons. The molecule has 1 N–H and O–H groups in total. The fourth-order valence-corrected chi connectivity index (χ4v) is 3.78. The number of hydrogen-bond acceptors (Lipinski definition) is 4. The summed E-state index contributed by atoms with van der Waals surface area (Å²) in [7, 11) is 1.62. The molecule has 0 atom stereocenters. The molecule has 2 aromatic carbocycles. The first-order chi connectivity index (χ1) is 15.5. The SMILES string of the molecule is COc1ccc(-n2ccc(CNC(=O)C3CCN(C(=O)c4ccc(F)cc4)CC3)n2)cc1. The second-order valence-corrected chi connectivity index (χ2v) is 7.74. The first kappa shape index (κ1) is 21.5. The van der Waals surface area contributed by atoms with Gasteiger partial charge in [-0.05, 0) is 67.4 Å². The minimum Gasteiger partial charge on any atom is -0.497 e. The largest absolute Gasteiger partial charge is 0.497 e. The lowest BCUT2D eigenvalue weighted by Gasteiger charge is -2.31. The van der Waals surface area contributed by atoms with Crippen LogP contribution in [0.15, 0.2) is 60.8 Å². The Morgan fingerprint density at radius 1 is 1.06 bits per heavy atom. The van der Waals surface area contributed by atoms with Crippen LogP contribution in [-0.2, 0) is 11.3 Å². The van der Waals surface area contributed by atoms with Gasteiger partial charge in [0.15, 0.2) is 0 Å². The molecule has 32 heavy (non-hydrogen) atoms. The first-order valence-corrected chi connectivity index (χ1v) is 10.5. The number of likely N-dealkylation sites (tertiary alicyclic amines) is 1. The van der Waals surface area contributed by atoms with Crippen molar-refractivity contribution < 1.29 is 18.7 Å². The van der Waals surface area contributed by atoms with E-state index in [9.17, 15) is 14.0 Å². The van der Waals surface area contributed by atoms with E-state index in [-0.39, 0.29) is 23.5 Å². The number of methoxy groups -OCH3 is 1. The molecule has 0 saturated carbocycles. The van der Waals surface area contributed by atoms with Crippen LogP contribution in [0.1, 0.15) is 28.9 Å². The van der Waals surface area contributed by atoms with E-state index in [1.165, 1.54) is 24.3 Å². The molecule has 1 aliphatic rings. The van der Waals surface area contributed by atoms with Crippen LogP contribution in [-0.4, -0.2) is 46.7 Å². The van der Waals surface area contributed by atoms with Crippen molar-refractivity contribution in [3.05, 3.63) is 77.9 Å². The monoisotopic (exact) mass is 436 g/mol. The Morgan fingerprint density at radius 3 is 2.41 bits per heavy atom. The van der Waals surface area contributed by atoms with Crippen molar-refractivity contribution in [2.24, 2.45) is 5.92 Å². The molecule has 2 amide bonds. The zero-order chi connectivity index (χ0) is 22.5. The number of piperidine rings is 1. The number of ether oxygens (including phenoxy) is 1. The van der Waals surface area contributed by atoms with Gasteiger partial charge in [0.25, 0.3) is 5.91 Å². The molecule has 166 valence electrons. The van der Waals surface area contributed by atoms with Crippen LogP contribution in [0.4, 0.5) is 4.39 Å². The number of amides is 2. The molecule has 0 unspecified atom stereocenters. The molecule has 1 fully saturated rings. The van der Waals surface area contributed by atoms with Crippen molar-refractivity contribution in [2.45, 2.75) is 19.4 Å². The number of carbonyl (C=O) groups excluding carboxylic acids is 2.